The lowest BCUT2D eigenvalue weighted by atomic mass is 10.4. The summed E-state index contributed by atoms with van der Waals surface area (Å²) in [7, 11) is 1.19. The van der Waals surface area contributed by atoms with Gasteiger partial charge in [-0.1, -0.05) is 0 Å². The Morgan fingerprint density at radius 2 is 2.05 bits per heavy atom. The molecule has 0 amide bonds. The van der Waals surface area contributed by atoms with Crippen LogP contribution in [0.15, 0.2) is 9.59 Å². The van der Waals surface area contributed by atoms with Crippen LogP contribution in [0, 0.1) is 10.1 Å². The average molecular weight is 299 g/mol. The van der Waals surface area contributed by atoms with Gasteiger partial charge in [0.2, 0.25) is 0 Å². The lowest BCUT2D eigenvalue weighted by Crippen LogP contribution is -2.39. The van der Waals surface area contributed by atoms with E-state index >= 15 is 0 Å². The Morgan fingerprint density at radius 3 is 2.67 bits per heavy atom. The molecule has 2 N–H and O–H groups in total. The Balaban J connectivity index is 2.10. The minimum absolute atomic E-state index is 0.152. The van der Waals surface area contributed by atoms with E-state index in [-0.39, 0.29) is 5.82 Å². The van der Waals surface area contributed by atoms with E-state index in [1.165, 1.54) is 7.05 Å². The van der Waals surface area contributed by atoms with Crippen molar-refractivity contribution in [1.29, 1.82) is 0 Å². The summed E-state index contributed by atoms with van der Waals surface area (Å²) in [4.78, 5) is 37.9. The second-order valence-corrected chi connectivity index (χ2v) is 4.66. The molecule has 0 bridgehead atoms. The fourth-order valence-corrected chi connectivity index (χ4v) is 2.07. The molecule has 21 heavy (non-hydrogen) atoms. The van der Waals surface area contributed by atoms with Gasteiger partial charge in [0.25, 0.3) is 0 Å². The van der Waals surface area contributed by atoms with Gasteiger partial charge >= 0.3 is 16.9 Å². The van der Waals surface area contributed by atoms with Crippen molar-refractivity contribution in [2.75, 3.05) is 44.7 Å². The Morgan fingerprint density at radius 1 is 1.38 bits per heavy atom. The predicted molar refractivity (Wildman–Crippen MR) is 74.7 cm³/mol. The molecule has 2 rings (SSSR count). The molecular weight excluding hydrogens is 282 g/mol. The molecule has 10 heteroatoms. The van der Waals surface area contributed by atoms with E-state index in [0.29, 0.717) is 30.9 Å². The molecule has 10 nitrogen and oxygen atoms in total. The molecule has 0 unspecified atom stereocenters. The monoisotopic (exact) mass is 299 g/mol. The maximum absolute atomic E-state index is 11.8. The molecule has 1 aliphatic heterocycles. The number of aromatic nitrogens is 2. The predicted octanol–water partition coefficient (Wildman–Crippen LogP) is -1.27. The third kappa shape index (κ3) is 3.47. The smallest absolute Gasteiger partial charge is 0.374 e. The Kier molecular flexibility index (Phi) is 4.70. The molecule has 116 valence electrons. The number of rotatable bonds is 5. The zero-order valence-corrected chi connectivity index (χ0v) is 11.6. The molecule has 1 aromatic heterocycles. The van der Waals surface area contributed by atoms with Gasteiger partial charge in [0.15, 0.2) is 5.82 Å². The second-order valence-electron chi connectivity index (χ2n) is 4.66. The summed E-state index contributed by atoms with van der Waals surface area (Å²) < 4.78 is 5.89. The minimum atomic E-state index is -0.933. The standard InChI is InChI=1S/C11H17N5O5/c1-14-10(17)8(16(19)20)9(13-11(14)18)12-2-3-15-4-6-21-7-5-15/h12H,2-7H2,1H3,(H,13,18). The second kappa shape index (κ2) is 6.50. The highest BCUT2D eigenvalue weighted by molar-refractivity contribution is 5.53. The molecule has 0 aromatic carbocycles. The highest BCUT2D eigenvalue weighted by atomic mass is 16.6. The van der Waals surface area contributed by atoms with E-state index in [2.05, 4.69) is 15.2 Å². The van der Waals surface area contributed by atoms with Gasteiger partial charge in [0.05, 0.1) is 18.1 Å². The van der Waals surface area contributed by atoms with Gasteiger partial charge in [-0.15, -0.1) is 0 Å². The van der Waals surface area contributed by atoms with Crippen LogP contribution in [0.4, 0.5) is 11.5 Å². The van der Waals surface area contributed by atoms with E-state index in [4.69, 9.17) is 4.74 Å². The Labute approximate surface area is 119 Å². The van der Waals surface area contributed by atoms with Gasteiger partial charge < -0.3 is 10.1 Å². The normalized spacial score (nSPS) is 15.9. The van der Waals surface area contributed by atoms with Crippen LogP contribution in [-0.4, -0.2) is 58.8 Å². The zero-order valence-electron chi connectivity index (χ0n) is 11.6. The van der Waals surface area contributed by atoms with Crippen molar-refractivity contribution in [2.24, 2.45) is 7.05 Å². The van der Waals surface area contributed by atoms with Gasteiger partial charge in [0.1, 0.15) is 0 Å². The maximum atomic E-state index is 11.8. The Hall–Kier alpha value is -2.20. The van der Waals surface area contributed by atoms with Crippen molar-refractivity contribution in [3.05, 3.63) is 31.0 Å². The number of anilines is 1. The fraction of sp³-hybridized carbons (Fsp3) is 0.636. The Bertz CT molecular complexity index is 631. The number of nitro groups is 1. The number of nitrogens with one attached hydrogen (secondary N) is 2. The first-order valence-corrected chi connectivity index (χ1v) is 6.52. The van der Waals surface area contributed by atoms with Crippen molar-refractivity contribution < 1.29 is 9.66 Å². The van der Waals surface area contributed by atoms with Crippen LogP contribution < -0.4 is 16.6 Å². The summed E-state index contributed by atoms with van der Waals surface area (Å²) in [5, 5.41) is 13.7. The van der Waals surface area contributed by atoms with Gasteiger partial charge in [0, 0.05) is 33.2 Å². The van der Waals surface area contributed by atoms with Gasteiger partial charge in [-0.25, -0.2) is 4.79 Å². The molecule has 0 spiro atoms. The number of ether oxygens (including phenoxy) is 1. The van der Waals surface area contributed by atoms with Crippen molar-refractivity contribution in [3.63, 3.8) is 0 Å². The van der Waals surface area contributed by atoms with E-state index < -0.39 is 21.9 Å². The topological polar surface area (TPSA) is 122 Å². The summed E-state index contributed by atoms with van der Waals surface area (Å²) in [5.41, 5.74) is -2.28. The number of H-pyrrole nitrogens is 1. The fourth-order valence-electron chi connectivity index (χ4n) is 2.07. The van der Waals surface area contributed by atoms with E-state index in [9.17, 15) is 19.7 Å². The number of nitrogens with zero attached hydrogens (tertiary/aromatic N) is 3. The van der Waals surface area contributed by atoms with Crippen LogP contribution in [-0.2, 0) is 11.8 Å². The summed E-state index contributed by atoms with van der Waals surface area (Å²) in [6.07, 6.45) is 0. The van der Waals surface area contributed by atoms with Crippen LogP contribution in [0.2, 0.25) is 0 Å². The molecule has 1 aliphatic rings. The largest absolute Gasteiger partial charge is 0.379 e. The van der Waals surface area contributed by atoms with Crippen LogP contribution >= 0.6 is 0 Å². The van der Waals surface area contributed by atoms with Crippen molar-refractivity contribution in [1.82, 2.24) is 14.5 Å². The first-order valence-electron chi connectivity index (χ1n) is 6.52. The number of morpholine rings is 1. The third-order valence-corrected chi connectivity index (χ3v) is 3.30. The number of hydrogen-bond donors (Lipinski definition) is 2. The van der Waals surface area contributed by atoms with E-state index in [1.807, 2.05) is 0 Å². The molecule has 0 saturated carbocycles. The van der Waals surface area contributed by atoms with Gasteiger partial charge in [-0.05, 0) is 0 Å². The lowest BCUT2D eigenvalue weighted by molar-refractivity contribution is -0.385. The quantitative estimate of drug-likeness (QED) is 0.513. The zero-order chi connectivity index (χ0) is 15.4. The van der Waals surface area contributed by atoms with Crippen LogP contribution in [0.1, 0.15) is 0 Å². The summed E-state index contributed by atoms with van der Waals surface area (Å²) in [6.45, 7) is 3.90. The molecule has 0 atom stereocenters. The number of hydrogen-bond acceptors (Lipinski definition) is 7. The van der Waals surface area contributed by atoms with E-state index in [0.717, 1.165) is 13.1 Å². The first kappa shape index (κ1) is 15.2. The van der Waals surface area contributed by atoms with Crippen LogP contribution in [0.5, 0.6) is 0 Å². The van der Waals surface area contributed by atoms with E-state index in [1.54, 1.807) is 0 Å². The molecule has 1 aromatic rings. The molecule has 2 heterocycles. The van der Waals surface area contributed by atoms with Crippen molar-refractivity contribution >= 4 is 11.5 Å². The molecule has 0 radical (unpaired) electrons. The maximum Gasteiger partial charge on any atom is 0.374 e. The summed E-state index contributed by atoms with van der Waals surface area (Å²) in [5.74, 6) is -0.152. The van der Waals surface area contributed by atoms with Crippen LogP contribution in [0.3, 0.4) is 0 Å². The summed E-state index contributed by atoms with van der Waals surface area (Å²) in [6, 6.07) is 0. The van der Waals surface area contributed by atoms with Gasteiger partial charge in [-0.2, -0.15) is 0 Å². The first-order chi connectivity index (χ1) is 10.0. The summed E-state index contributed by atoms with van der Waals surface area (Å²) >= 11 is 0. The third-order valence-electron chi connectivity index (χ3n) is 3.30. The lowest BCUT2D eigenvalue weighted by Gasteiger charge is -2.26. The minimum Gasteiger partial charge on any atom is -0.379 e. The number of aromatic amines is 1. The molecule has 0 aliphatic carbocycles. The highest BCUT2D eigenvalue weighted by Crippen LogP contribution is 2.13. The van der Waals surface area contributed by atoms with Crippen molar-refractivity contribution in [2.45, 2.75) is 0 Å². The molecule has 1 saturated heterocycles. The molecular formula is C11H17N5O5. The molecule has 1 fully saturated rings. The highest BCUT2D eigenvalue weighted by Gasteiger charge is 2.23. The van der Waals surface area contributed by atoms with Crippen LogP contribution in [0.25, 0.3) is 0 Å². The SMILES string of the molecule is Cn1c(=O)[nH]c(NCCN2CCOCC2)c([N+](=O)[O-])c1=O. The van der Waals surface area contributed by atoms with Crippen molar-refractivity contribution in [3.8, 4) is 0 Å². The van der Waals surface area contributed by atoms with Gasteiger partial charge in [-0.3, -0.25) is 29.4 Å². The average Bonchev–Trinajstić information content (AvgIpc) is 2.45.